The van der Waals surface area contributed by atoms with E-state index >= 15 is 0 Å². The van der Waals surface area contributed by atoms with Gasteiger partial charge in [-0.2, -0.15) is 5.10 Å². The van der Waals surface area contributed by atoms with E-state index in [1.165, 1.54) is 0 Å². The third-order valence-electron chi connectivity index (χ3n) is 3.17. The van der Waals surface area contributed by atoms with Crippen molar-refractivity contribution < 1.29 is 0 Å². The van der Waals surface area contributed by atoms with Gasteiger partial charge in [0.15, 0.2) is 0 Å². The lowest BCUT2D eigenvalue weighted by molar-refractivity contribution is 0.878. The van der Waals surface area contributed by atoms with Gasteiger partial charge in [-0.3, -0.25) is 0 Å². The summed E-state index contributed by atoms with van der Waals surface area (Å²) < 4.78 is 1.56. The number of aromatic nitrogens is 3. The standard InChI is InChI=1S/C16H15N5/c1-20(15-5-3-2-4-6-15)16-9-7-14(8-10-16)11-19-21-12-17-18-13-21/h2-13H,1H3. The molecule has 0 aliphatic rings. The monoisotopic (exact) mass is 277 g/mol. The van der Waals surface area contributed by atoms with Gasteiger partial charge >= 0.3 is 0 Å². The number of nitrogens with zero attached hydrogens (tertiary/aromatic N) is 5. The molecule has 0 aliphatic heterocycles. The quantitative estimate of drug-likeness (QED) is 0.689. The Hall–Kier alpha value is -2.95. The molecule has 2 aromatic carbocycles. The van der Waals surface area contributed by atoms with Crippen molar-refractivity contribution in [2.24, 2.45) is 5.10 Å². The highest BCUT2D eigenvalue weighted by Crippen LogP contribution is 2.22. The Balaban J connectivity index is 1.75. The molecule has 0 spiro atoms. The largest absolute Gasteiger partial charge is 0.345 e. The molecule has 0 unspecified atom stereocenters. The molecule has 0 saturated carbocycles. The average Bonchev–Trinajstić information content (AvgIpc) is 3.07. The van der Waals surface area contributed by atoms with Crippen molar-refractivity contribution in [1.29, 1.82) is 0 Å². The normalized spacial score (nSPS) is 10.9. The van der Waals surface area contributed by atoms with Crippen LogP contribution in [-0.4, -0.2) is 28.1 Å². The first kappa shape index (κ1) is 13.1. The van der Waals surface area contributed by atoms with Crippen molar-refractivity contribution in [3.63, 3.8) is 0 Å². The maximum absolute atomic E-state index is 4.22. The smallest absolute Gasteiger partial charge is 0.141 e. The molecule has 104 valence electrons. The molecule has 0 fully saturated rings. The summed E-state index contributed by atoms with van der Waals surface area (Å²) in [7, 11) is 2.05. The third-order valence-corrected chi connectivity index (χ3v) is 3.17. The fourth-order valence-corrected chi connectivity index (χ4v) is 1.97. The van der Waals surface area contributed by atoms with Gasteiger partial charge < -0.3 is 4.90 Å². The molecule has 5 heteroatoms. The maximum Gasteiger partial charge on any atom is 0.141 e. The van der Waals surface area contributed by atoms with Gasteiger partial charge in [0.1, 0.15) is 12.7 Å². The number of para-hydroxylation sites is 1. The zero-order chi connectivity index (χ0) is 14.5. The lowest BCUT2D eigenvalue weighted by Gasteiger charge is -2.19. The molecule has 0 N–H and O–H groups in total. The first-order valence-electron chi connectivity index (χ1n) is 6.61. The Kier molecular flexibility index (Phi) is 3.73. The molecular weight excluding hydrogens is 262 g/mol. The Labute approximate surface area is 123 Å². The average molecular weight is 277 g/mol. The van der Waals surface area contributed by atoms with Crippen molar-refractivity contribution in [3.05, 3.63) is 72.8 Å². The van der Waals surface area contributed by atoms with E-state index in [4.69, 9.17) is 0 Å². The molecule has 0 bridgehead atoms. The summed E-state index contributed by atoms with van der Waals surface area (Å²) in [6.07, 6.45) is 4.87. The molecule has 1 aromatic heterocycles. The van der Waals surface area contributed by atoms with Crippen LogP contribution in [0.15, 0.2) is 72.4 Å². The van der Waals surface area contributed by atoms with Gasteiger partial charge in [0.25, 0.3) is 0 Å². The van der Waals surface area contributed by atoms with Gasteiger partial charge in [-0.25, -0.2) is 4.68 Å². The molecule has 3 aromatic rings. The van der Waals surface area contributed by atoms with E-state index in [2.05, 4.69) is 51.5 Å². The van der Waals surface area contributed by atoms with Gasteiger partial charge in [-0.05, 0) is 29.8 Å². The van der Waals surface area contributed by atoms with Crippen LogP contribution in [0.25, 0.3) is 0 Å². The van der Waals surface area contributed by atoms with E-state index in [1.807, 2.05) is 30.3 Å². The fraction of sp³-hybridized carbons (Fsp3) is 0.0625. The van der Waals surface area contributed by atoms with E-state index in [0.717, 1.165) is 16.9 Å². The lowest BCUT2D eigenvalue weighted by atomic mass is 10.2. The molecule has 0 saturated heterocycles. The van der Waals surface area contributed by atoms with E-state index in [1.54, 1.807) is 23.5 Å². The van der Waals surface area contributed by atoms with Crippen molar-refractivity contribution in [1.82, 2.24) is 14.9 Å². The molecule has 3 rings (SSSR count). The third kappa shape index (κ3) is 3.14. The fourth-order valence-electron chi connectivity index (χ4n) is 1.97. The van der Waals surface area contributed by atoms with Crippen LogP contribution < -0.4 is 4.90 Å². The Morgan fingerprint density at radius 3 is 2.19 bits per heavy atom. The highest BCUT2D eigenvalue weighted by molar-refractivity contribution is 5.80. The second kappa shape index (κ2) is 6.00. The summed E-state index contributed by atoms with van der Waals surface area (Å²) in [4.78, 5) is 2.14. The highest BCUT2D eigenvalue weighted by Gasteiger charge is 2.02. The van der Waals surface area contributed by atoms with Crippen LogP contribution in [0.2, 0.25) is 0 Å². The second-order valence-corrected chi connectivity index (χ2v) is 4.57. The summed E-state index contributed by atoms with van der Waals surface area (Å²) in [5.74, 6) is 0. The molecule has 0 atom stereocenters. The van der Waals surface area contributed by atoms with Crippen molar-refractivity contribution in [3.8, 4) is 0 Å². The number of hydrogen-bond donors (Lipinski definition) is 0. The van der Waals surface area contributed by atoms with Gasteiger partial charge in [0.2, 0.25) is 0 Å². The summed E-state index contributed by atoms with van der Waals surface area (Å²) >= 11 is 0. The molecule has 0 amide bonds. The van der Waals surface area contributed by atoms with E-state index < -0.39 is 0 Å². The summed E-state index contributed by atoms with van der Waals surface area (Å²) in [5, 5.41) is 11.6. The lowest BCUT2D eigenvalue weighted by Crippen LogP contribution is -2.08. The zero-order valence-corrected chi connectivity index (χ0v) is 11.7. The van der Waals surface area contributed by atoms with Crippen molar-refractivity contribution >= 4 is 17.6 Å². The summed E-state index contributed by atoms with van der Waals surface area (Å²) in [5.41, 5.74) is 3.31. The number of benzene rings is 2. The highest BCUT2D eigenvalue weighted by atomic mass is 15.4. The topological polar surface area (TPSA) is 46.3 Å². The Morgan fingerprint density at radius 2 is 1.52 bits per heavy atom. The van der Waals surface area contributed by atoms with Gasteiger partial charge in [0, 0.05) is 18.4 Å². The van der Waals surface area contributed by atoms with E-state index in [0.29, 0.717) is 0 Å². The Bertz CT molecular complexity index is 702. The molecular formula is C16H15N5. The SMILES string of the molecule is CN(c1ccccc1)c1ccc(C=Nn2cnnc2)cc1. The van der Waals surface area contributed by atoms with Crippen LogP contribution >= 0.6 is 0 Å². The number of hydrogen-bond acceptors (Lipinski definition) is 4. The minimum atomic E-state index is 1.02. The van der Waals surface area contributed by atoms with Gasteiger partial charge in [0.05, 0.1) is 6.21 Å². The van der Waals surface area contributed by atoms with Gasteiger partial charge in [-0.1, -0.05) is 30.3 Å². The van der Waals surface area contributed by atoms with Crippen molar-refractivity contribution in [2.45, 2.75) is 0 Å². The predicted molar refractivity (Wildman–Crippen MR) is 84.0 cm³/mol. The van der Waals surface area contributed by atoms with Crippen LogP contribution in [0, 0.1) is 0 Å². The summed E-state index contributed by atoms with van der Waals surface area (Å²) in [6, 6.07) is 18.5. The van der Waals surface area contributed by atoms with Crippen LogP contribution in [0.3, 0.4) is 0 Å². The first-order valence-corrected chi connectivity index (χ1v) is 6.61. The zero-order valence-electron chi connectivity index (χ0n) is 11.7. The minimum absolute atomic E-state index is 1.02. The van der Waals surface area contributed by atoms with E-state index in [9.17, 15) is 0 Å². The molecule has 1 heterocycles. The Morgan fingerprint density at radius 1 is 0.905 bits per heavy atom. The number of anilines is 2. The predicted octanol–water partition coefficient (Wildman–Crippen LogP) is 2.93. The van der Waals surface area contributed by atoms with E-state index in [-0.39, 0.29) is 0 Å². The first-order chi connectivity index (χ1) is 10.3. The molecule has 5 nitrogen and oxygen atoms in total. The van der Waals surface area contributed by atoms with Crippen LogP contribution in [0.5, 0.6) is 0 Å². The van der Waals surface area contributed by atoms with Crippen molar-refractivity contribution in [2.75, 3.05) is 11.9 Å². The minimum Gasteiger partial charge on any atom is -0.345 e. The second-order valence-electron chi connectivity index (χ2n) is 4.57. The number of rotatable bonds is 4. The van der Waals surface area contributed by atoms with Crippen LogP contribution in [0.1, 0.15) is 5.56 Å². The molecule has 0 aliphatic carbocycles. The molecule has 21 heavy (non-hydrogen) atoms. The van der Waals surface area contributed by atoms with Crippen LogP contribution in [-0.2, 0) is 0 Å². The summed E-state index contributed by atoms with van der Waals surface area (Å²) in [6.45, 7) is 0. The van der Waals surface area contributed by atoms with Gasteiger partial charge in [-0.15, -0.1) is 10.2 Å². The maximum atomic E-state index is 4.22. The molecule has 0 radical (unpaired) electrons. The van der Waals surface area contributed by atoms with Crippen LogP contribution in [0.4, 0.5) is 11.4 Å².